The Balaban J connectivity index is 0. The van der Waals surface area contributed by atoms with Crippen molar-refractivity contribution in [3.63, 3.8) is 0 Å². The molecule has 0 aliphatic carbocycles. The molecule has 0 aliphatic heterocycles. The Hall–Kier alpha value is 1.02. The number of hydrogen-bond acceptors (Lipinski definition) is 4. The van der Waals surface area contributed by atoms with Gasteiger partial charge in [0.25, 0.3) is 10.1 Å². The normalized spacial score (nSPS) is 10.4. The van der Waals surface area contributed by atoms with Crippen molar-refractivity contribution in [2.45, 2.75) is 26.2 Å². The molecule has 0 spiro atoms. The first-order valence-electron chi connectivity index (χ1n) is 4.06. The Morgan fingerprint density at radius 1 is 1.36 bits per heavy atom. The minimum atomic E-state index is -3.87. The fraction of sp³-hybridized carbons (Fsp3) is 0.857. The molecule has 1 N–H and O–H groups in total. The third-order valence-corrected chi connectivity index (χ3v) is 2.15. The van der Waals surface area contributed by atoms with E-state index in [-0.39, 0.29) is 69.7 Å². The van der Waals surface area contributed by atoms with Gasteiger partial charge >= 0.3 is 5.97 Å². The Bertz CT molecular complexity index is 249. The molecule has 5 nitrogen and oxygen atoms in total. The van der Waals surface area contributed by atoms with Crippen molar-refractivity contribution >= 4 is 67.5 Å². The first kappa shape index (κ1) is 17.4. The standard InChI is InChI=1S/C7H14O5S.K/c1-2-7(8)12-5-3-4-6-13(9,10)11;/h2-6H2,1H3,(H,9,10,11);. The molecule has 0 aromatic heterocycles. The Morgan fingerprint density at radius 3 is 2.36 bits per heavy atom. The van der Waals surface area contributed by atoms with E-state index in [4.69, 9.17) is 9.29 Å². The third-order valence-electron chi connectivity index (χ3n) is 1.35. The summed E-state index contributed by atoms with van der Waals surface area (Å²) in [6.45, 7) is 1.89. The van der Waals surface area contributed by atoms with Gasteiger partial charge in [0.05, 0.1) is 12.4 Å². The fourth-order valence-electron chi connectivity index (χ4n) is 0.675. The number of esters is 1. The van der Waals surface area contributed by atoms with Crippen LogP contribution in [0.2, 0.25) is 0 Å². The number of unbranched alkanes of at least 4 members (excludes halogenated alkanes) is 1. The summed E-state index contributed by atoms with van der Waals surface area (Å²) >= 11 is 0. The number of rotatable bonds is 6. The fourth-order valence-corrected chi connectivity index (χ4v) is 1.24. The SMILES string of the molecule is CCC(=O)OCCCCS(=O)(=O)O.[K]. The average Bonchev–Trinajstić information content (AvgIpc) is 2.01. The average molecular weight is 249 g/mol. The summed E-state index contributed by atoms with van der Waals surface area (Å²) in [5.41, 5.74) is 0. The van der Waals surface area contributed by atoms with E-state index >= 15 is 0 Å². The van der Waals surface area contributed by atoms with Crippen LogP contribution in [-0.2, 0) is 19.6 Å². The monoisotopic (exact) mass is 249 g/mol. The largest absolute Gasteiger partial charge is 0.466 e. The van der Waals surface area contributed by atoms with Gasteiger partial charge in [0, 0.05) is 57.8 Å². The van der Waals surface area contributed by atoms with Gasteiger partial charge in [0.15, 0.2) is 0 Å². The van der Waals surface area contributed by atoms with Gasteiger partial charge in [0.1, 0.15) is 0 Å². The summed E-state index contributed by atoms with van der Waals surface area (Å²) in [7, 11) is -3.87. The zero-order valence-corrected chi connectivity index (χ0v) is 12.5. The van der Waals surface area contributed by atoms with E-state index in [0.29, 0.717) is 19.3 Å². The zero-order valence-electron chi connectivity index (χ0n) is 8.52. The van der Waals surface area contributed by atoms with Crippen LogP contribution in [-0.4, -0.2) is 82.7 Å². The molecular formula is C7H14KO5S. The molecule has 0 aromatic carbocycles. The van der Waals surface area contributed by atoms with E-state index in [1.807, 2.05) is 0 Å². The van der Waals surface area contributed by atoms with Gasteiger partial charge in [0.2, 0.25) is 0 Å². The van der Waals surface area contributed by atoms with Gasteiger partial charge in [-0.15, -0.1) is 0 Å². The molecule has 14 heavy (non-hydrogen) atoms. The summed E-state index contributed by atoms with van der Waals surface area (Å²) in [6.07, 6.45) is 1.07. The molecule has 1 radical (unpaired) electrons. The second kappa shape index (κ2) is 9.26. The first-order valence-corrected chi connectivity index (χ1v) is 5.67. The molecule has 0 amide bonds. The molecule has 0 rings (SSSR count). The maximum atomic E-state index is 10.6. The molecule has 7 heteroatoms. The van der Waals surface area contributed by atoms with Crippen molar-refractivity contribution in [1.29, 1.82) is 0 Å². The quantitative estimate of drug-likeness (QED) is 0.315. The molecule has 0 saturated heterocycles. The van der Waals surface area contributed by atoms with Crippen LogP contribution in [0.3, 0.4) is 0 Å². The molecule has 0 unspecified atom stereocenters. The molecule has 0 saturated carbocycles. The van der Waals surface area contributed by atoms with Crippen molar-refractivity contribution in [2.75, 3.05) is 12.4 Å². The predicted molar refractivity (Wildman–Crippen MR) is 52.7 cm³/mol. The number of ether oxygens (including phenoxy) is 1. The van der Waals surface area contributed by atoms with Gasteiger partial charge < -0.3 is 4.74 Å². The first-order chi connectivity index (χ1) is 5.95. The maximum Gasteiger partial charge on any atom is 0.305 e. The van der Waals surface area contributed by atoms with Crippen molar-refractivity contribution in [2.24, 2.45) is 0 Å². The number of hydrogen-bond donors (Lipinski definition) is 1. The van der Waals surface area contributed by atoms with E-state index in [1.165, 1.54) is 0 Å². The van der Waals surface area contributed by atoms with Crippen LogP contribution in [0.1, 0.15) is 26.2 Å². The third kappa shape index (κ3) is 13.0. The Labute approximate surface area is 127 Å². The van der Waals surface area contributed by atoms with Crippen LogP contribution in [0, 0.1) is 0 Å². The van der Waals surface area contributed by atoms with Gasteiger partial charge in [-0.25, -0.2) is 0 Å². The topological polar surface area (TPSA) is 80.7 Å². The van der Waals surface area contributed by atoms with Crippen LogP contribution in [0.4, 0.5) is 0 Å². The Kier molecular flexibility index (Phi) is 11.5. The van der Waals surface area contributed by atoms with Crippen molar-refractivity contribution in [1.82, 2.24) is 0 Å². The second-order valence-electron chi connectivity index (χ2n) is 2.57. The van der Waals surface area contributed by atoms with E-state index in [9.17, 15) is 13.2 Å². The number of carbonyl (C=O) groups excluding carboxylic acids is 1. The van der Waals surface area contributed by atoms with E-state index in [2.05, 4.69) is 0 Å². The Morgan fingerprint density at radius 2 is 1.93 bits per heavy atom. The molecule has 0 heterocycles. The van der Waals surface area contributed by atoms with Crippen LogP contribution >= 0.6 is 0 Å². The minimum absolute atomic E-state index is 0. The van der Waals surface area contributed by atoms with Gasteiger partial charge in [-0.2, -0.15) is 8.42 Å². The molecular weight excluding hydrogens is 235 g/mol. The summed E-state index contributed by atoms with van der Waals surface area (Å²) in [5.74, 6) is -0.580. The van der Waals surface area contributed by atoms with Crippen LogP contribution in [0.5, 0.6) is 0 Å². The number of carbonyl (C=O) groups is 1. The summed E-state index contributed by atoms with van der Waals surface area (Å²) < 4.78 is 33.5. The van der Waals surface area contributed by atoms with Gasteiger partial charge in [-0.3, -0.25) is 9.35 Å². The predicted octanol–water partition coefficient (Wildman–Crippen LogP) is 0.227. The maximum absolute atomic E-state index is 10.6. The molecule has 79 valence electrons. The molecule has 0 aromatic rings. The molecule has 0 aliphatic rings. The summed E-state index contributed by atoms with van der Waals surface area (Å²) in [5, 5.41) is 0. The smallest absolute Gasteiger partial charge is 0.305 e. The molecule has 0 atom stereocenters. The van der Waals surface area contributed by atoms with Crippen LogP contribution < -0.4 is 0 Å². The van der Waals surface area contributed by atoms with Crippen molar-refractivity contribution in [3.8, 4) is 0 Å². The zero-order chi connectivity index (χ0) is 10.3. The van der Waals surface area contributed by atoms with Crippen molar-refractivity contribution in [3.05, 3.63) is 0 Å². The van der Waals surface area contributed by atoms with Gasteiger partial charge in [-0.1, -0.05) is 6.92 Å². The van der Waals surface area contributed by atoms with Crippen LogP contribution in [0.25, 0.3) is 0 Å². The van der Waals surface area contributed by atoms with Gasteiger partial charge in [-0.05, 0) is 12.8 Å². The summed E-state index contributed by atoms with van der Waals surface area (Å²) in [4.78, 5) is 10.6. The van der Waals surface area contributed by atoms with Crippen LogP contribution in [0.15, 0.2) is 0 Å². The second-order valence-corrected chi connectivity index (χ2v) is 4.14. The summed E-state index contributed by atoms with van der Waals surface area (Å²) in [6, 6.07) is 0. The minimum Gasteiger partial charge on any atom is -0.466 e. The van der Waals surface area contributed by atoms with E-state index in [0.717, 1.165) is 0 Å². The molecule has 0 fully saturated rings. The van der Waals surface area contributed by atoms with Crippen molar-refractivity contribution < 1.29 is 22.5 Å². The van der Waals surface area contributed by atoms with E-state index < -0.39 is 10.1 Å². The van der Waals surface area contributed by atoms with E-state index in [1.54, 1.807) is 6.92 Å². The molecule has 0 bridgehead atoms.